The summed E-state index contributed by atoms with van der Waals surface area (Å²) in [5.74, 6) is 0. The topological polar surface area (TPSA) is 27.6 Å². The van der Waals surface area contributed by atoms with Crippen molar-refractivity contribution in [3.05, 3.63) is 35.9 Å². The van der Waals surface area contributed by atoms with Crippen LogP contribution < -0.4 is 5.32 Å². The number of hydrogen-bond donors (Lipinski definition) is 1. The molecular formula is C16H23N3S. The van der Waals surface area contributed by atoms with Gasteiger partial charge in [-0.3, -0.25) is 9.89 Å². The predicted octanol–water partition coefficient (Wildman–Crippen LogP) is 2.90. The molecule has 20 heavy (non-hydrogen) atoms. The Morgan fingerprint density at radius 1 is 1.30 bits per heavy atom. The molecular weight excluding hydrogens is 266 g/mol. The molecule has 1 aliphatic heterocycles. The van der Waals surface area contributed by atoms with Crippen LogP contribution in [0.5, 0.6) is 0 Å². The fourth-order valence-electron chi connectivity index (χ4n) is 2.66. The van der Waals surface area contributed by atoms with E-state index in [4.69, 9.17) is 0 Å². The average Bonchev–Trinajstić information content (AvgIpc) is 3.23. The number of nitrogens with zero attached hydrogens (tertiary/aromatic N) is 2. The number of aliphatic imine (C=N–C) groups is 1. The van der Waals surface area contributed by atoms with E-state index in [9.17, 15) is 0 Å². The lowest BCUT2D eigenvalue weighted by Crippen LogP contribution is -2.34. The molecule has 1 aromatic carbocycles. The van der Waals surface area contributed by atoms with Gasteiger partial charge in [0.15, 0.2) is 5.17 Å². The molecule has 4 heteroatoms. The van der Waals surface area contributed by atoms with Crippen LogP contribution >= 0.6 is 11.8 Å². The van der Waals surface area contributed by atoms with Crippen molar-refractivity contribution in [2.75, 3.05) is 26.2 Å². The second-order valence-corrected chi connectivity index (χ2v) is 6.64. The SMILES string of the molecule is CCN(CCNC1=NCC(c2ccccc2)S1)C1CC1. The molecule has 0 bridgehead atoms. The lowest BCUT2D eigenvalue weighted by atomic mass is 10.1. The Balaban J connectivity index is 1.41. The van der Waals surface area contributed by atoms with E-state index in [1.807, 2.05) is 11.8 Å². The fourth-order valence-corrected chi connectivity index (χ4v) is 3.71. The van der Waals surface area contributed by atoms with Crippen LogP contribution in [0.1, 0.15) is 30.6 Å². The zero-order chi connectivity index (χ0) is 13.8. The molecule has 1 N–H and O–H groups in total. The van der Waals surface area contributed by atoms with E-state index in [2.05, 4.69) is 52.5 Å². The van der Waals surface area contributed by atoms with E-state index < -0.39 is 0 Å². The van der Waals surface area contributed by atoms with Gasteiger partial charge in [0.2, 0.25) is 0 Å². The molecule has 3 nitrogen and oxygen atoms in total. The zero-order valence-corrected chi connectivity index (χ0v) is 12.9. The molecule has 0 radical (unpaired) electrons. The Morgan fingerprint density at radius 3 is 2.80 bits per heavy atom. The maximum absolute atomic E-state index is 4.63. The van der Waals surface area contributed by atoms with Gasteiger partial charge in [-0.2, -0.15) is 0 Å². The third kappa shape index (κ3) is 3.55. The summed E-state index contributed by atoms with van der Waals surface area (Å²) in [4.78, 5) is 7.20. The first-order valence-electron chi connectivity index (χ1n) is 7.61. The third-order valence-electron chi connectivity index (χ3n) is 3.97. The third-order valence-corrected chi connectivity index (χ3v) is 5.17. The fraction of sp³-hybridized carbons (Fsp3) is 0.562. The first-order chi connectivity index (χ1) is 9.86. The van der Waals surface area contributed by atoms with Gasteiger partial charge in [-0.1, -0.05) is 49.0 Å². The highest BCUT2D eigenvalue weighted by Gasteiger charge is 2.27. The number of nitrogens with one attached hydrogen (secondary N) is 1. The maximum Gasteiger partial charge on any atom is 0.157 e. The summed E-state index contributed by atoms with van der Waals surface area (Å²) in [5, 5.41) is 5.11. The highest BCUT2D eigenvalue weighted by molar-refractivity contribution is 8.14. The quantitative estimate of drug-likeness (QED) is 0.872. The zero-order valence-electron chi connectivity index (χ0n) is 12.1. The number of amidine groups is 1. The number of rotatable bonds is 6. The van der Waals surface area contributed by atoms with Crippen LogP contribution in [0.3, 0.4) is 0 Å². The Hall–Kier alpha value is -1.00. The molecule has 1 aliphatic carbocycles. The van der Waals surface area contributed by atoms with Gasteiger partial charge < -0.3 is 5.32 Å². The first kappa shape index (κ1) is 14.0. The lowest BCUT2D eigenvalue weighted by Gasteiger charge is -2.20. The molecule has 2 aliphatic rings. The van der Waals surface area contributed by atoms with Crippen molar-refractivity contribution in [3.63, 3.8) is 0 Å². The van der Waals surface area contributed by atoms with Gasteiger partial charge in [0.1, 0.15) is 0 Å². The highest BCUT2D eigenvalue weighted by atomic mass is 32.2. The molecule has 1 heterocycles. The van der Waals surface area contributed by atoms with Crippen LogP contribution in [0.4, 0.5) is 0 Å². The van der Waals surface area contributed by atoms with Crippen LogP contribution in [0.25, 0.3) is 0 Å². The molecule has 1 unspecified atom stereocenters. The van der Waals surface area contributed by atoms with Crippen molar-refractivity contribution in [2.45, 2.75) is 31.1 Å². The average molecular weight is 289 g/mol. The molecule has 1 atom stereocenters. The van der Waals surface area contributed by atoms with E-state index in [1.165, 1.54) is 24.9 Å². The number of thioether (sulfide) groups is 1. The van der Waals surface area contributed by atoms with Crippen LogP contribution in [-0.4, -0.2) is 42.3 Å². The Labute approximate surface area is 125 Å². The Kier molecular flexibility index (Phi) is 4.63. The summed E-state index contributed by atoms with van der Waals surface area (Å²) in [6.07, 6.45) is 2.78. The minimum atomic E-state index is 0.490. The van der Waals surface area contributed by atoms with Crippen molar-refractivity contribution >= 4 is 16.9 Å². The standard InChI is InChI=1S/C16H23N3S/c1-2-19(14-8-9-14)11-10-17-16-18-12-15(20-16)13-6-4-3-5-7-13/h3-7,14-15H,2,8-12H2,1H3,(H,17,18). The molecule has 3 rings (SSSR count). The largest absolute Gasteiger partial charge is 0.364 e. The van der Waals surface area contributed by atoms with E-state index in [0.717, 1.165) is 30.8 Å². The maximum atomic E-state index is 4.63. The van der Waals surface area contributed by atoms with Crippen LogP contribution in [-0.2, 0) is 0 Å². The molecule has 1 saturated carbocycles. The van der Waals surface area contributed by atoms with Gasteiger partial charge in [0.05, 0.1) is 11.8 Å². The smallest absolute Gasteiger partial charge is 0.157 e. The van der Waals surface area contributed by atoms with Crippen LogP contribution in [0.15, 0.2) is 35.3 Å². The van der Waals surface area contributed by atoms with Gasteiger partial charge in [0, 0.05) is 19.1 Å². The van der Waals surface area contributed by atoms with Gasteiger partial charge in [-0.25, -0.2) is 0 Å². The highest BCUT2D eigenvalue weighted by Crippen LogP contribution is 2.34. The minimum Gasteiger partial charge on any atom is -0.364 e. The summed E-state index contributed by atoms with van der Waals surface area (Å²) in [6, 6.07) is 11.5. The van der Waals surface area contributed by atoms with Crippen molar-refractivity contribution in [1.29, 1.82) is 0 Å². The molecule has 108 valence electrons. The molecule has 0 aromatic heterocycles. The second kappa shape index (κ2) is 6.64. The van der Waals surface area contributed by atoms with Crippen molar-refractivity contribution in [1.82, 2.24) is 10.2 Å². The normalized spacial score (nSPS) is 22.1. The van der Waals surface area contributed by atoms with Gasteiger partial charge >= 0.3 is 0 Å². The molecule has 0 amide bonds. The number of benzene rings is 1. The number of hydrogen-bond acceptors (Lipinski definition) is 4. The molecule has 1 fully saturated rings. The first-order valence-corrected chi connectivity index (χ1v) is 8.48. The monoisotopic (exact) mass is 289 g/mol. The molecule has 1 aromatic rings. The van der Waals surface area contributed by atoms with Crippen LogP contribution in [0.2, 0.25) is 0 Å². The van der Waals surface area contributed by atoms with Crippen molar-refractivity contribution in [3.8, 4) is 0 Å². The van der Waals surface area contributed by atoms with Gasteiger partial charge in [0.25, 0.3) is 0 Å². The summed E-state index contributed by atoms with van der Waals surface area (Å²) in [7, 11) is 0. The van der Waals surface area contributed by atoms with E-state index in [1.54, 1.807) is 0 Å². The van der Waals surface area contributed by atoms with Crippen LogP contribution in [0, 0.1) is 0 Å². The Bertz CT molecular complexity index is 456. The summed E-state index contributed by atoms with van der Waals surface area (Å²) in [6.45, 7) is 6.47. The van der Waals surface area contributed by atoms with E-state index in [-0.39, 0.29) is 0 Å². The second-order valence-electron chi connectivity index (χ2n) is 5.45. The van der Waals surface area contributed by atoms with E-state index >= 15 is 0 Å². The molecule has 0 saturated heterocycles. The molecule has 0 spiro atoms. The summed E-state index contributed by atoms with van der Waals surface area (Å²) in [5.41, 5.74) is 1.38. The summed E-state index contributed by atoms with van der Waals surface area (Å²) >= 11 is 1.87. The van der Waals surface area contributed by atoms with Gasteiger partial charge in [-0.05, 0) is 24.9 Å². The van der Waals surface area contributed by atoms with Crippen molar-refractivity contribution < 1.29 is 0 Å². The Morgan fingerprint density at radius 2 is 2.10 bits per heavy atom. The van der Waals surface area contributed by atoms with Gasteiger partial charge in [-0.15, -0.1) is 0 Å². The lowest BCUT2D eigenvalue weighted by molar-refractivity contribution is 0.282. The minimum absolute atomic E-state index is 0.490. The summed E-state index contributed by atoms with van der Waals surface area (Å²) < 4.78 is 0. The predicted molar refractivity (Wildman–Crippen MR) is 87.3 cm³/mol. The number of likely N-dealkylation sites (N-methyl/N-ethyl adjacent to an activating group) is 1. The van der Waals surface area contributed by atoms with Crippen molar-refractivity contribution in [2.24, 2.45) is 4.99 Å². The van der Waals surface area contributed by atoms with E-state index in [0.29, 0.717) is 5.25 Å².